The second-order valence-corrected chi connectivity index (χ2v) is 5.41. The minimum atomic E-state index is -4.85. The van der Waals surface area contributed by atoms with Crippen molar-refractivity contribution in [3.05, 3.63) is 52.6 Å². The van der Waals surface area contributed by atoms with Gasteiger partial charge in [0.15, 0.2) is 5.15 Å². The summed E-state index contributed by atoms with van der Waals surface area (Å²) >= 11 is 5.84. The maximum Gasteiger partial charge on any atom is 0.416 e. The average Bonchev–Trinajstić information content (AvgIpc) is 2.53. The van der Waals surface area contributed by atoms with Crippen molar-refractivity contribution in [2.45, 2.75) is 25.8 Å². The van der Waals surface area contributed by atoms with Gasteiger partial charge in [0.25, 0.3) is 5.91 Å². The highest BCUT2D eigenvalue weighted by molar-refractivity contribution is 6.30. The lowest BCUT2D eigenvalue weighted by atomic mass is 10.1. The maximum absolute atomic E-state index is 12.9. The molecule has 1 N–H and O–H groups in total. The monoisotopic (exact) mass is 395 g/mol. The Bertz CT molecular complexity index is 801. The molecule has 5 nitrogen and oxygen atoms in total. The molecular formula is C15H11ClF5N3O2. The number of ether oxygens (including phenoxy) is 1. The SMILES string of the molecule is CC(NC(=O)c1cc(OC(F)F)cc(C(F)(F)F)c1)c1nccnc1Cl. The van der Waals surface area contributed by atoms with Crippen molar-refractivity contribution in [2.24, 2.45) is 0 Å². The van der Waals surface area contributed by atoms with E-state index in [0.29, 0.717) is 12.1 Å². The van der Waals surface area contributed by atoms with Crippen molar-refractivity contribution in [1.29, 1.82) is 0 Å². The van der Waals surface area contributed by atoms with Crippen LogP contribution in [0.2, 0.25) is 5.15 Å². The van der Waals surface area contributed by atoms with E-state index in [1.54, 1.807) is 0 Å². The number of hydrogen-bond acceptors (Lipinski definition) is 4. The number of nitrogens with zero attached hydrogens (tertiary/aromatic N) is 2. The van der Waals surface area contributed by atoms with Gasteiger partial charge in [-0.2, -0.15) is 22.0 Å². The molecule has 0 saturated heterocycles. The molecule has 0 spiro atoms. The zero-order chi connectivity index (χ0) is 19.5. The van der Waals surface area contributed by atoms with Crippen molar-refractivity contribution in [3.8, 4) is 5.75 Å². The van der Waals surface area contributed by atoms with Crippen LogP contribution in [0, 0.1) is 0 Å². The Labute approximate surface area is 149 Å². The van der Waals surface area contributed by atoms with Crippen molar-refractivity contribution in [2.75, 3.05) is 0 Å². The lowest BCUT2D eigenvalue weighted by Crippen LogP contribution is -2.28. The first kappa shape index (κ1) is 19.8. The highest BCUT2D eigenvalue weighted by Gasteiger charge is 2.32. The van der Waals surface area contributed by atoms with Crippen LogP contribution in [-0.4, -0.2) is 22.5 Å². The van der Waals surface area contributed by atoms with E-state index in [-0.39, 0.29) is 10.8 Å². The zero-order valence-corrected chi connectivity index (χ0v) is 13.8. The number of aromatic nitrogens is 2. The van der Waals surface area contributed by atoms with Gasteiger partial charge in [0.2, 0.25) is 0 Å². The Morgan fingerprint density at radius 3 is 2.42 bits per heavy atom. The molecule has 26 heavy (non-hydrogen) atoms. The second-order valence-electron chi connectivity index (χ2n) is 5.05. The number of hydrogen-bond donors (Lipinski definition) is 1. The van der Waals surface area contributed by atoms with Crippen LogP contribution in [0.1, 0.15) is 34.6 Å². The van der Waals surface area contributed by atoms with Gasteiger partial charge < -0.3 is 10.1 Å². The summed E-state index contributed by atoms with van der Waals surface area (Å²) in [5, 5.41) is 2.38. The van der Waals surface area contributed by atoms with Gasteiger partial charge in [0, 0.05) is 18.0 Å². The molecule has 0 saturated carbocycles. The highest BCUT2D eigenvalue weighted by atomic mass is 35.5. The lowest BCUT2D eigenvalue weighted by molar-refractivity contribution is -0.138. The van der Waals surface area contributed by atoms with Gasteiger partial charge in [0.1, 0.15) is 5.75 Å². The van der Waals surface area contributed by atoms with E-state index in [9.17, 15) is 26.7 Å². The van der Waals surface area contributed by atoms with E-state index in [2.05, 4.69) is 20.0 Å². The first-order chi connectivity index (χ1) is 12.1. The Kier molecular flexibility index (Phi) is 5.96. The molecule has 0 fully saturated rings. The van der Waals surface area contributed by atoms with E-state index in [1.807, 2.05) is 0 Å². The molecule has 1 unspecified atom stereocenters. The molecule has 1 aromatic heterocycles. The molecule has 11 heteroatoms. The van der Waals surface area contributed by atoms with Crippen LogP contribution >= 0.6 is 11.6 Å². The quantitative estimate of drug-likeness (QED) is 0.769. The molecule has 140 valence electrons. The standard InChI is InChI=1S/C15H11ClF5N3O2/c1-7(11-12(16)23-3-2-22-11)24-13(25)8-4-9(15(19,20)21)6-10(5-8)26-14(17)18/h2-7,14H,1H3,(H,24,25). The molecule has 2 rings (SSSR count). The zero-order valence-electron chi connectivity index (χ0n) is 13.0. The van der Waals surface area contributed by atoms with Gasteiger partial charge in [-0.15, -0.1) is 0 Å². The van der Waals surface area contributed by atoms with Crippen LogP contribution in [0.5, 0.6) is 5.75 Å². The minimum Gasteiger partial charge on any atom is -0.435 e. The maximum atomic E-state index is 12.9. The summed E-state index contributed by atoms with van der Waals surface area (Å²) in [7, 11) is 0. The van der Waals surface area contributed by atoms with Crippen LogP contribution in [0.15, 0.2) is 30.6 Å². The van der Waals surface area contributed by atoms with Crippen molar-refractivity contribution >= 4 is 17.5 Å². The summed E-state index contributed by atoms with van der Waals surface area (Å²) in [5.74, 6) is -1.74. The molecule has 0 radical (unpaired) electrons. The van der Waals surface area contributed by atoms with E-state index >= 15 is 0 Å². The molecule has 1 heterocycles. The van der Waals surface area contributed by atoms with E-state index in [1.165, 1.54) is 19.3 Å². The molecule has 0 aliphatic carbocycles. The molecule has 0 bridgehead atoms. The second kappa shape index (κ2) is 7.81. The largest absolute Gasteiger partial charge is 0.435 e. The Balaban J connectivity index is 2.31. The van der Waals surface area contributed by atoms with Crippen LogP contribution in [0.3, 0.4) is 0 Å². The predicted molar refractivity (Wildman–Crippen MR) is 81.0 cm³/mol. The number of rotatable bonds is 5. The molecule has 1 amide bonds. The molecule has 1 aromatic carbocycles. The smallest absolute Gasteiger partial charge is 0.416 e. The van der Waals surface area contributed by atoms with Crippen molar-refractivity contribution in [3.63, 3.8) is 0 Å². The predicted octanol–water partition coefficient (Wildman–Crippen LogP) is 4.24. The van der Waals surface area contributed by atoms with Gasteiger partial charge in [-0.05, 0) is 25.1 Å². The van der Waals surface area contributed by atoms with Gasteiger partial charge in [0.05, 0.1) is 17.3 Å². The number of carbonyl (C=O) groups excluding carboxylic acids is 1. The number of amides is 1. The lowest BCUT2D eigenvalue weighted by Gasteiger charge is -2.16. The number of nitrogens with one attached hydrogen (secondary N) is 1. The summed E-state index contributed by atoms with van der Waals surface area (Å²) in [5.41, 5.74) is -1.62. The Morgan fingerprint density at radius 1 is 1.19 bits per heavy atom. The molecule has 1 atom stereocenters. The van der Waals surface area contributed by atoms with E-state index in [0.717, 1.165) is 6.07 Å². The van der Waals surface area contributed by atoms with Gasteiger partial charge in [-0.25, -0.2) is 4.98 Å². The third-order valence-corrected chi connectivity index (χ3v) is 3.45. The normalized spacial score (nSPS) is 12.8. The average molecular weight is 396 g/mol. The molecular weight excluding hydrogens is 385 g/mol. The Morgan fingerprint density at radius 2 is 1.85 bits per heavy atom. The van der Waals surface area contributed by atoms with Crippen LogP contribution < -0.4 is 10.1 Å². The minimum absolute atomic E-state index is 0.00562. The fraction of sp³-hybridized carbons (Fsp3) is 0.267. The number of halogens is 6. The fourth-order valence-electron chi connectivity index (χ4n) is 2.04. The number of benzene rings is 1. The first-order valence-electron chi connectivity index (χ1n) is 7.02. The molecule has 0 aliphatic rings. The molecule has 2 aromatic rings. The topological polar surface area (TPSA) is 64.1 Å². The van der Waals surface area contributed by atoms with E-state index in [4.69, 9.17) is 11.6 Å². The third kappa shape index (κ3) is 5.01. The Hall–Kier alpha value is -2.49. The summed E-state index contributed by atoms with van der Waals surface area (Å²) in [4.78, 5) is 19.9. The van der Waals surface area contributed by atoms with Crippen molar-refractivity contribution < 1.29 is 31.5 Å². The molecule has 0 aliphatic heterocycles. The summed E-state index contributed by atoms with van der Waals surface area (Å²) in [6.07, 6.45) is -2.21. The highest BCUT2D eigenvalue weighted by Crippen LogP contribution is 2.33. The van der Waals surface area contributed by atoms with Gasteiger partial charge in [-0.1, -0.05) is 11.6 Å². The van der Waals surface area contributed by atoms with Crippen LogP contribution in [0.25, 0.3) is 0 Å². The summed E-state index contributed by atoms with van der Waals surface area (Å²) in [6, 6.07) is 0.893. The third-order valence-electron chi connectivity index (χ3n) is 3.16. The fourth-order valence-corrected chi connectivity index (χ4v) is 2.30. The summed E-state index contributed by atoms with van der Waals surface area (Å²) in [6.45, 7) is -1.86. The van der Waals surface area contributed by atoms with Gasteiger partial charge in [-0.3, -0.25) is 9.78 Å². The number of alkyl halides is 5. The van der Waals surface area contributed by atoms with E-state index < -0.39 is 41.6 Å². The van der Waals surface area contributed by atoms with Crippen LogP contribution in [0.4, 0.5) is 22.0 Å². The van der Waals surface area contributed by atoms with Crippen molar-refractivity contribution in [1.82, 2.24) is 15.3 Å². The van der Waals surface area contributed by atoms with Gasteiger partial charge >= 0.3 is 12.8 Å². The number of carbonyl (C=O) groups is 1. The first-order valence-corrected chi connectivity index (χ1v) is 7.40. The van der Waals surface area contributed by atoms with Crippen LogP contribution in [-0.2, 0) is 6.18 Å². The summed E-state index contributed by atoms with van der Waals surface area (Å²) < 4.78 is 67.4.